The zero-order chi connectivity index (χ0) is 12.7. The van der Waals surface area contributed by atoms with Gasteiger partial charge in [-0.25, -0.2) is 8.91 Å². The van der Waals surface area contributed by atoms with Crippen molar-refractivity contribution in [3.05, 3.63) is 40.7 Å². The maximum absolute atomic E-state index is 13.2. The van der Waals surface area contributed by atoms with Gasteiger partial charge in [0.25, 0.3) is 0 Å². The molecule has 2 N–H and O–H groups in total. The van der Waals surface area contributed by atoms with E-state index in [4.69, 9.17) is 5.73 Å². The molecule has 2 aromatic heterocycles. The van der Waals surface area contributed by atoms with Crippen molar-refractivity contribution in [1.82, 2.24) is 14.6 Å². The molecule has 0 aliphatic heterocycles. The molecule has 6 heteroatoms. The molecule has 0 atom stereocenters. The van der Waals surface area contributed by atoms with Gasteiger partial charge in [-0.15, -0.1) is 16.4 Å². The Kier molecular flexibility index (Phi) is 2.61. The highest BCUT2D eigenvalue weighted by Gasteiger charge is 2.11. The Hall–Kier alpha value is -1.79. The molecule has 0 aliphatic carbocycles. The zero-order valence-corrected chi connectivity index (χ0v) is 10.5. The summed E-state index contributed by atoms with van der Waals surface area (Å²) in [6.07, 6.45) is 0. The fraction of sp³-hybridized carbons (Fsp3) is 0.167. The summed E-state index contributed by atoms with van der Waals surface area (Å²) >= 11 is 1.50. The molecule has 3 aromatic rings. The normalized spacial score (nSPS) is 11.3. The third-order valence-electron chi connectivity index (χ3n) is 2.78. The van der Waals surface area contributed by atoms with E-state index < -0.39 is 0 Å². The van der Waals surface area contributed by atoms with E-state index in [9.17, 15) is 4.39 Å². The van der Waals surface area contributed by atoms with Gasteiger partial charge >= 0.3 is 0 Å². The van der Waals surface area contributed by atoms with Crippen LogP contribution < -0.4 is 5.73 Å². The first-order valence-corrected chi connectivity index (χ1v) is 6.37. The number of rotatable bonds is 2. The van der Waals surface area contributed by atoms with Gasteiger partial charge in [0.2, 0.25) is 4.96 Å². The number of halogens is 1. The van der Waals surface area contributed by atoms with Crippen LogP contribution in [0, 0.1) is 12.7 Å². The summed E-state index contributed by atoms with van der Waals surface area (Å²) in [4.78, 5) is 5.21. The number of thiazole rings is 1. The Labute approximate surface area is 107 Å². The molecule has 18 heavy (non-hydrogen) atoms. The summed E-state index contributed by atoms with van der Waals surface area (Å²) < 4.78 is 15.0. The number of nitrogens with two attached hydrogens (primary N) is 1. The summed E-state index contributed by atoms with van der Waals surface area (Å²) in [7, 11) is 0. The van der Waals surface area contributed by atoms with Crippen LogP contribution >= 0.6 is 11.3 Å². The average molecular weight is 262 g/mol. The van der Waals surface area contributed by atoms with Gasteiger partial charge in [0, 0.05) is 17.5 Å². The van der Waals surface area contributed by atoms with E-state index in [1.54, 1.807) is 23.6 Å². The molecule has 2 heterocycles. The second-order valence-electron chi connectivity index (χ2n) is 4.02. The number of aromatic nitrogens is 3. The number of benzene rings is 1. The molecule has 0 unspecified atom stereocenters. The molecular formula is C12H11FN4S. The Balaban J connectivity index is 2.13. The van der Waals surface area contributed by atoms with Gasteiger partial charge in [0.1, 0.15) is 5.82 Å². The van der Waals surface area contributed by atoms with Crippen LogP contribution in [0.4, 0.5) is 4.39 Å². The highest BCUT2D eigenvalue weighted by Crippen LogP contribution is 2.22. The third-order valence-corrected chi connectivity index (χ3v) is 3.64. The molecule has 1 aromatic carbocycles. The van der Waals surface area contributed by atoms with Crippen LogP contribution in [-0.4, -0.2) is 14.6 Å². The molecule has 0 aliphatic rings. The maximum Gasteiger partial charge on any atom is 0.212 e. The topological polar surface area (TPSA) is 56.2 Å². The molecule has 0 bridgehead atoms. The fourth-order valence-corrected chi connectivity index (χ4v) is 2.61. The lowest BCUT2D eigenvalue weighted by atomic mass is 10.1. The van der Waals surface area contributed by atoms with E-state index in [0.29, 0.717) is 17.9 Å². The predicted octanol–water partition coefficient (Wildman–Crippen LogP) is 2.36. The average Bonchev–Trinajstić information content (AvgIpc) is 2.92. The predicted molar refractivity (Wildman–Crippen MR) is 68.9 cm³/mol. The molecule has 3 rings (SSSR count). The minimum absolute atomic E-state index is 0.220. The van der Waals surface area contributed by atoms with E-state index in [-0.39, 0.29) is 5.82 Å². The van der Waals surface area contributed by atoms with Crippen LogP contribution in [0.5, 0.6) is 0 Å². The van der Waals surface area contributed by atoms with Gasteiger partial charge in [0.05, 0.1) is 5.69 Å². The first kappa shape index (κ1) is 11.3. The fourth-order valence-electron chi connectivity index (χ4n) is 1.77. The Bertz CT molecular complexity index is 716. The van der Waals surface area contributed by atoms with Crippen LogP contribution in [0.3, 0.4) is 0 Å². The molecule has 0 saturated carbocycles. The number of hydrogen-bond acceptors (Lipinski definition) is 4. The van der Waals surface area contributed by atoms with E-state index >= 15 is 0 Å². The molecule has 4 nitrogen and oxygen atoms in total. The summed E-state index contributed by atoms with van der Waals surface area (Å²) in [5.41, 5.74) is 7.94. The van der Waals surface area contributed by atoms with Crippen LogP contribution in [0.1, 0.15) is 11.3 Å². The third kappa shape index (κ3) is 1.70. The highest BCUT2D eigenvalue weighted by molar-refractivity contribution is 7.15. The van der Waals surface area contributed by atoms with Gasteiger partial charge in [-0.2, -0.15) is 4.98 Å². The van der Waals surface area contributed by atoms with Gasteiger partial charge in [-0.3, -0.25) is 0 Å². The van der Waals surface area contributed by atoms with Crippen molar-refractivity contribution in [1.29, 1.82) is 0 Å². The first-order chi connectivity index (χ1) is 8.69. The van der Waals surface area contributed by atoms with E-state index in [2.05, 4.69) is 10.1 Å². The highest BCUT2D eigenvalue weighted by atomic mass is 32.1. The van der Waals surface area contributed by atoms with Gasteiger partial charge in [-0.1, -0.05) is 0 Å². The SMILES string of the molecule is Cc1cc(-c2nc3scc(CN)n3n2)ccc1F. The second kappa shape index (κ2) is 4.15. The monoisotopic (exact) mass is 262 g/mol. The zero-order valence-electron chi connectivity index (χ0n) is 9.72. The lowest BCUT2D eigenvalue weighted by molar-refractivity contribution is 0.618. The Morgan fingerprint density at radius 2 is 2.28 bits per heavy atom. The quantitative estimate of drug-likeness (QED) is 0.771. The van der Waals surface area contributed by atoms with Crippen molar-refractivity contribution < 1.29 is 4.39 Å². The van der Waals surface area contributed by atoms with Crippen molar-refractivity contribution in [2.24, 2.45) is 5.73 Å². The smallest absolute Gasteiger partial charge is 0.212 e. The minimum atomic E-state index is -0.220. The lowest BCUT2D eigenvalue weighted by Gasteiger charge is -1.98. The molecule has 0 fully saturated rings. The maximum atomic E-state index is 13.2. The van der Waals surface area contributed by atoms with E-state index in [1.807, 2.05) is 5.38 Å². The van der Waals surface area contributed by atoms with Crippen molar-refractivity contribution in [2.75, 3.05) is 0 Å². The summed E-state index contributed by atoms with van der Waals surface area (Å²) in [6, 6.07) is 4.87. The molecular weight excluding hydrogens is 251 g/mol. The van der Waals surface area contributed by atoms with Crippen molar-refractivity contribution in [2.45, 2.75) is 13.5 Å². The van der Waals surface area contributed by atoms with Crippen LogP contribution in [0.25, 0.3) is 16.3 Å². The Morgan fingerprint density at radius 1 is 1.44 bits per heavy atom. The molecule has 92 valence electrons. The largest absolute Gasteiger partial charge is 0.325 e. The van der Waals surface area contributed by atoms with E-state index in [0.717, 1.165) is 16.2 Å². The summed E-state index contributed by atoms with van der Waals surface area (Å²) in [6.45, 7) is 2.15. The number of nitrogens with zero attached hydrogens (tertiary/aromatic N) is 3. The number of hydrogen-bond donors (Lipinski definition) is 1. The summed E-state index contributed by atoms with van der Waals surface area (Å²) in [5, 5.41) is 6.34. The van der Waals surface area contributed by atoms with Crippen molar-refractivity contribution in [3.8, 4) is 11.4 Å². The minimum Gasteiger partial charge on any atom is -0.325 e. The number of aryl methyl sites for hydroxylation is 1. The van der Waals surface area contributed by atoms with Gasteiger partial charge in [0.15, 0.2) is 5.82 Å². The van der Waals surface area contributed by atoms with Crippen molar-refractivity contribution >= 4 is 16.3 Å². The lowest BCUT2D eigenvalue weighted by Crippen LogP contribution is -2.01. The molecule has 0 radical (unpaired) electrons. The standard InChI is InChI=1S/C12H11FN4S/c1-7-4-8(2-3-10(7)13)11-15-12-17(16-11)9(5-14)6-18-12/h2-4,6H,5,14H2,1H3. The van der Waals surface area contributed by atoms with Crippen LogP contribution in [0.2, 0.25) is 0 Å². The Morgan fingerprint density at radius 3 is 3.00 bits per heavy atom. The van der Waals surface area contributed by atoms with E-state index in [1.165, 1.54) is 17.4 Å². The second-order valence-corrected chi connectivity index (χ2v) is 4.86. The molecule has 0 spiro atoms. The summed E-state index contributed by atoms with van der Waals surface area (Å²) in [5.74, 6) is 0.377. The first-order valence-electron chi connectivity index (χ1n) is 5.49. The van der Waals surface area contributed by atoms with Gasteiger partial charge < -0.3 is 5.73 Å². The number of fused-ring (bicyclic) bond motifs is 1. The molecule has 0 saturated heterocycles. The molecule has 0 amide bonds. The van der Waals surface area contributed by atoms with Gasteiger partial charge in [-0.05, 0) is 30.7 Å². The van der Waals surface area contributed by atoms with Crippen LogP contribution in [0.15, 0.2) is 23.6 Å². The van der Waals surface area contributed by atoms with Crippen molar-refractivity contribution in [3.63, 3.8) is 0 Å². The van der Waals surface area contributed by atoms with Crippen LogP contribution in [-0.2, 0) is 6.54 Å².